The molecule has 1 heterocycles. The maximum atomic E-state index is 10.8. The molecule has 0 unspecified atom stereocenters. The molecule has 0 spiro atoms. The van der Waals surface area contributed by atoms with Crippen LogP contribution in [0.3, 0.4) is 0 Å². The molecule has 8 nitrogen and oxygen atoms in total. The van der Waals surface area contributed by atoms with E-state index in [0.717, 1.165) is 22.2 Å². The third kappa shape index (κ3) is 4.12. The Labute approximate surface area is 172 Å². The molecule has 0 aliphatic heterocycles. The summed E-state index contributed by atoms with van der Waals surface area (Å²) in [5, 5.41) is 15.2. The van der Waals surface area contributed by atoms with Crippen LogP contribution in [-0.2, 0) is 6.61 Å². The van der Waals surface area contributed by atoms with E-state index < -0.39 is 4.92 Å². The summed E-state index contributed by atoms with van der Waals surface area (Å²) in [6, 6.07) is 19.5. The number of hydrogen-bond acceptors (Lipinski definition) is 6. The first-order valence-electron chi connectivity index (χ1n) is 9.14. The highest BCUT2D eigenvalue weighted by atomic mass is 16.6. The zero-order chi connectivity index (χ0) is 20.9. The third-order valence-electron chi connectivity index (χ3n) is 4.50. The van der Waals surface area contributed by atoms with Gasteiger partial charge in [-0.1, -0.05) is 12.1 Å². The van der Waals surface area contributed by atoms with E-state index in [-0.39, 0.29) is 12.3 Å². The van der Waals surface area contributed by atoms with E-state index in [4.69, 9.17) is 9.47 Å². The Hall–Kier alpha value is -4.20. The number of para-hydroxylation sites is 2. The summed E-state index contributed by atoms with van der Waals surface area (Å²) >= 11 is 0. The molecule has 150 valence electrons. The van der Waals surface area contributed by atoms with Gasteiger partial charge in [0.05, 0.1) is 29.3 Å². The van der Waals surface area contributed by atoms with Crippen molar-refractivity contribution < 1.29 is 14.4 Å². The van der Waals surface area contributed by atoms with Crippen LogP contribution in [-0.4, -0.2) is 27.9 Å². The molecule has 0 aliphatic carbocycles. The van der Waals surface area contributed by atoms with Gasteiger partial charge in [0.2, 0.25) is 0 Å². The van der Waals surface area contributed by atoms with Crippen LogP contribution in [0.1, 0.15) is 11.1 Å². The van der Waals surface area contributed by atoms with Crippen LogP contribution >= 0.6 is 0 Å². The molecule has 0 saturated heterocycles. The summed E-state index contributed by atoms with van der Waals surface area (Å²) in [6.07, 6.45) is 3.38. The fourth-order valence-electron chi connectivity index (χ4n) is 2.93. The van der Waals surface area contributed by atoms with Crippen LogP contribution in [0.2, 0.25) is 0 Å². The summed E-state index contributed by atoms with van der Waals surface area (Å²) in [6.45, 7) is 0.251. The van der Waals surface area contributed by atoms with Gasteiger partial charge in [-0.3, -0.25) is 10.1 Å². The molecular formula is C22H18N4O4. The molecule has 4 rings (SSSR count). The van der Waals surface area contributed by atoms with Crippen molar-refractivity contribution in [2.75, 3.05) is 7.11 Å². The Morgan fingerprint density at radius 3 is 2.67 bits per heavy atom. The van der Waals surface area contributed by atoms with Crippen LogP contribution in [0.4, 0.5) is 5.69 Å². The lowest BCUT2D eigenvalue weighted by Gasteiger charge is -2.11. The van der Waals surface area contributed by atoms with Crippen LogP contribution < -0.4 is 9.47 Å². The molecule has 0 amide bonds. The van der Waals surface area contributed by atoms with E-state index in [9.17, 15) is 10.1 Å². The first kappa shape index (κ1) is 19.1. The Morgan fingerprint density at radius 2 is 1.90 bits per heavy atom. The average molecular weight is 402 g/mol. The van der Waals surface area contributed by atoms with E-state index in [1.807, 2.05) is 36.4 Å². The van der Waals surface area contributed by atoms with Crippen molar-refractivity contribution in [3.05, 3.63) is 94.3 Å². The number of nitro groups is 1. The van der Waals surface area contributed by atoms with E-state index in [0.29, 0.717) is 11.5 Å². The quantitative estimate of drug-likeness (QED) is 0.259. The number of methoxy groups -OCH3 is 1. The molecule has 0 aliphatic rings. The molecule has 30 heavy (non-hydrogen) atoms. The number of nitro benzene ring substituents is 1. The summed E-state index contributed by atoms with van der Waals surface area (Å²) < 4.78 is 13.0. The lowest BCUT2D eigenvalue weighted by molar-refractivity contribution is -0.384. The van der Waals surface area contributed by atoms with Crippen molar-refractivity contribution in [2.45, 2.75) is 6.61 Å². The molecule has 8 heteroatoms. The average Bonchev–Trinajstić information content (AvgIpc) is 3.19. The summed E-state index contributed by atoms with van der Waals surface area (Å²) in [7, 11) is 1.57. The minimum Gasteiger partial charge on any atom is -0.493 e. The first-order chi connectivity index (χ1) is 14.6. The van der Waals surface area contributed by atoms with E-state index in [1.54, 1.807) is 42.5 Å². The minimum absolute atomic E-state index is 0.0431. The van der Waals surface area contributed by atoms with Gasteiger partial charge >= 0.3 is 0 Å². The SMILES string of the molecule is COc1ccc(/C=N\n2cnc3ccccc32)cc1OCc1ccc([N+](=O)[O-])cc1. The smallest absolute Gasteiger partial charge is 0.269 e. The first-order valence-corrected chi connectivity index (χ1v) is 9.14. The Bertz CT molecular complexity index is 1220. The highest BCUT2D eigenvalue weighted by molar-refractivity contribution is 5.82. The fraction of sp³-hybridized carbons (Fsp3) is 0.0909. The van der Waals surface area contributed by atoms with Gasteiger partial charge in [0.15, 0.2) is 11.5 Å². The Kier molecular flexibility index (Phi) is 5.38. The van der Waals surface area contributed by atoms with Gasteiger partial charge in [-0.2, -0.15) is 5.10 Å². The van der Waals surface area contributed by atoms with Crippen molar-refractivity contribution in [3.8, 4) is 11.5 Å². The summed E-state index contributed by atoms with van der Waals surface area (Å²) in [4.78, 5) is 14.7. The number of aromatic nitrogens is 2. The fourth-order valence-corrected chi connectivity index (χ4v) is 2.93. The zero-order valence-corrected chi connectivity index (χ0v) is 16.1. The molecule has 0 radical (unpaired) electrons. The number of hydrogen-bond donors (Lipinski definition) is 0. The number of nitrogens with zero attached hydrogens (tertiary/aromatic N) is 4. The maximum Gasteiger partial charge on any atom is 0.269 e. The highest BCUT2D eigenvalue weighted by Crippen LogP contribution is 2.28. The van der Waals surface area contributed by atoms with E-state index in [2.05, 4.69) is 10.1 Å². The normalized spacial score (nSPS) is 11.1. The van der Waals surface area contributed by atoms with Crippen LogP contribution in [0.25, 0.3) is 11.0 Å². The molecule has 0 saturated carbocycles. The van der Waals surface area contributed by atoms with Gasteiger partial charge in [-0.25, -0.2) is 9.66 Å². The second-order valence-corrected chi connectivity index (χ2v) is 6.44. The molecule has 0 bridgehead atoms. The van der Waals surface area contributed by atoms with Gasteiger partial charge in [0.25, 0.3) is 5.69 Å². The van der Waals surface area contributed by atoms with Crippen molar-refractivity contribution in [1.29, 1.82) is 0 Å². The standard InChI is InChI=1S/C22H18N4O4/c1-29-21-11-8-17(13-24-25-15-23-19-4-2-3-5-20(19)25)12-22(21)30-14-16-6-9-18(10-7-16)26(27)28/h2-13,15H,14H2,1H3/b24-13-. The number of benzene rings is 3. The molecule has 1 aromatic heterocycles. The third-order valence-corrected chi connectivity index (χ3v) is 4.50. The van der Waals surface area contributed by atoms with Gasteiger partial charge in [-0.15, -0.1) is 0 Å². The van der Waals surface area contributed by atoms with Crippen molar-refractivity contribution in [2.24, 2.45) is 5.10 Å². The Balaban J connectivity index is 1.52. The van der Waals surface area contributed by atoms with E-state index in [1.165, 1.54) is 12.1 Å². The topological polar surface area (TPSA) is 91.8 Å². The minimum atomic E-state index is -0.431. The lowest BCUT2D eigenvalue weighted by Crippen LogP contribution is -1.99. The Morgan fingerprint density at radius 1 is 1.10 bits per heavy atom. The number of non-ortho nitro benzene ring substituents is 1. The second-order valence-electron chi connectivity index (χ2n) is 6.44. The largest absolute Gasteiger partial charge is 0.493 e. The summed E-state index contributed by atoms with van der Waals surface area (Å²) in [5.41, 5.74) is 3.47. The van der Waals surface area contributed by atoms with Crippen molar-refractivity contribution >= 4 is 22.9 Å². The number of imidazole rings is 1. The number of rotatable bonds is 7. The maximum absolute atomic E-state index is 10.8. The lowest BCUT2D eigenvalue weighted by atomic mass is 10.2. The number of ether oxygens (including phenoxy) is 2. The van der Waals surface area contributed by atoms with Gasteiger partial charge in [0.1, 0.15) is 12.9 Å². The van der Waals surface area contributed by atoms with Crippen LogP contribution in [0, 0.1) is 10.1 Å². The second kappa shape index (κ2) is 8.44. The molecule has 0 N–H and O–H groups in total. The predicted molar refractivity (Wildman–Crippen MR) is 113 cm³/mol. The number of fused-ring (bicyclic) bond motifs is 1. The highest BCUT2D eigenvalue weighted by Gasteiger charge is 2.08. The van der Waals surface area contributed by atoms with Crippen LogP contribution in [0.5, 0.6) is 11.5 Å². The van der Waals surface area contributed by atoms with Crippen LogP contribution in [0.15, 0.2) is 78.2 Å². The monoisotopic (exact) mass is 402 g/mol. The van der Waals surface area contributed by atoms with Gasteiger partial charge < -0.3 is 9.47 Å². The molecule has 4 aromatic rings. The molecule has 0 atom stereocenters. The van der Waals surface area contributed by atoms with Crippen molar-refractivity contribution in [1.82, 2.24) is 9.66 Å². The zero-order valence-electron chi connectivity index (χ0n) is 16.1. The van der Waals surface area contributed by atoms with Gasteiger partial charge in [0, 0.05) is 12.1 Å². The molecular weight excluding hydrogens is 384 g/mol. The van der Waals surface area contributed by atoms with E-state index >= 15 is 0 Å². The van der Waals surface area contributed by atoms with Gasteiger partial charge in [-0.05, 0) is 53.6 Å². The molecule has 3 aromatic carbocycles. The predicted octanol–water partition coefficient (Wildman–Crippen LogP) is 4.41. The molecule has 0 fully saturated rings. The summed E-state index contributed by atoms with van der Waals surface area (Å²) in [5.74, 6) is 1.14. The van der Waals surface area contributed by atoms with Crippen molar-refractivity contribution in [3.63, 3.8) is 0 Å².